The molecule has 1 rings (SSSR count). The number of rotatable bonds is 4. The smallest absolute Gasteiger partial charge is 0.143 e. The van der Waals surface area contributed by atoms with Crippen molar-refractivity contribution in [3.63, 3.8) is 0 Å². The lowest BCUT2D eigenvalue weighted by Gasteiger charge is -2.04. The lowest BCUT2D eigenvalue weighted by Crippen LogP contribution is -2.02. The Balaban J connectivity index is 2.62. The highest BCUT2D eigenvalue weighted by Crippen LogP contribution is 2.09. The molecule has 0 saturated heterocycles. The van der Waals surface area contributed by atoms with Crippen molar-refractivity contribution in [1.29, 1.82) is 0 Å². The average molecular weight is 246 g/mol. The molecular weight excluding hydrogens is 230 g/mol. The van der Waals surface area contributed by atoms with Crippen LogP contribution < -0.4 is 0 Å². The summed E-state index contributed by atoms with van der Waals surface area (Å²) in [6, 6.07) is 0. The topological polar surface area (TPSA) is 30.7 Å². The van der Waals surface area contributed by atoms with E-state index in [1.54, 1.807) is 0 Å². The number of hydrogen-bond acceptors (Lipinski definition) is 2. The van der Waals surface area contributed by atoms with E-state index in [-0.39, 0.29) is 0 Å². The van der Waals surface area contributed by atoms with Gasteiger partial charge in [-0.15, -0.1) is 10.2 Å². The van der Waals surface area contributed by atoms with Crippen LogP contribution in [0.3, 0.4) is 0 Å². The summed E-state index contributed by atoms with van der Waals surface area (Å²) in [6.45, 7) is 4.45. The minimum absolute atomic E-state index is 0.726. The Morgan fingerprint density at radius 3 is 2.38 bits per heavy atom. The van der Waals surface area contributed by atoms with Crippen LogP contribution in [0.2, 0.25) is 0 Å². The molecule has 0 aromatic carbocycles. The Hall–Kier alpha value is -0.380. The van der Waals surface area contributed by atoms with Crippen molar-refractivity contribution < 1.29 is 0 Å². The van der Waals surface area contributed by atoms with Crippen LogP contribution in [-0.4, -0.2) is 14.8 Å². The fraction of sp³-hybridized carbons (Fsp3) is 0.778. The summed E-state index contributed by atoms with van der Waals surface area (Å²) in [5.41, 5.74) is 0. The zero-order valence-electron chi connectivity index (χ0n) is 8.42. The van der Waals surface area contributed by atoms with Crippen molar-refractivity contribution in [1.82, 2.24) is 14.8 Å². The minimum Gasteiger partial charge on any atom is -0.317 e. The summed E-state index contributed by atoms with van der Waals surface area (Å²) in [7, 11) is 2.02. The van der Waals surface area contributed by atoms with Crippen LogP contribution >= 0.6 is 15.9 Å². The quantitative estimate of drug-likeness (QED) is 0.763. The first-order valence-corrected chi connectivity index (χ1v) is 5.70. The predicted molar refractivity (Wildman–Crippen MR) is 56.8 cm³/mol. The van der Waals surface area contributed by atoms with Gasteiger partial charge in [-0.3, -0.25) is 0 Å². The van der Waals surface area contributed by atoms with Crippen LogP contribution in [0.4, 0.5) is 0 Å². The maximum absolute atomic E-state index is 4.14. The molecule has 0 unspecified atom stereocenters. The largest absolute Gasteiger partial charge is 0.317 e. The maximum atomic E-state index is 4.14. The molecule has 0 bridgehead atoms. The molecule has 13 heavy (non-hydrogen) atoms. The van der Waals surface area contributed by atoms with Gasteiger partial charge in [-0.2, -0.15) is 0 Å². The van der Waals surface area contributed by atoms with Crippen LogP contribution in [0, 0.1) is 5.92 Å². The molecule has 1 aromatic heterocycles. The number of hydrogen-bond donors (Lipinski definition) is 0. The van der Waals surface area contributed by atoms with E-state index in [0.717, 1.165) is 29.3 Å². The molecule has 0 amide bonds. The first-order chi connectivity index (χ1) is 6.15. The van der Waals surface area contributed by atoms with Gasteiger partial charge in [0, 0.05) is 13.5 Å². The number of aromatic nitrogens is 3. The monoisotopic (exact) mass is 245 g/mol. The molecular formula is C9H16BrN3. The van der Waals surface area contributed by atoms with Gasteiger partial charge in [0.05, 0.1) is 5.33 Å². The van der Waals surface area contributed by atoms with Crippen LogP contribution in [0.1, 0.15) is 31.9 Å². The van der Waals surface area contributed by atoms with Crippen molar-refractivity contribution in [2.45, 2.75) is 32.0 Å². The number of halogens is 1. The lowest BCUT2D eigenvalue weighted by molar-refractivity contribution is 0.564. The van der Waals surface area contributed by atoms with Gasteiger partial charge in [0.25, 0.3) is 0 Å². The Morgan fingerprint density at radius 1 is 1.31 bits per heavy atom. The Kier molecular flexibility index (Phi) is 3.90. The summed E-state index contributed by atoms with van der Waals surface area (Å²) in [4.78, 5) is 0. The minimum atomic E-state index is 0.726. The Morgan fingerprint density at radius 2 is 1.92 bits per heavy atom. The fourth-order valence-corrected chi connectivity index (χ4v) is 1.64. The molecule has 3 nitrogen and oxygen atoms in total. The summed E-state index contributed by atoms with van der Waals surface area (Å²) in [6.07, 6.45) is 2.20. The van der Waals surface area contributed by atoms with Crippen molar-refractivity contribution in [3.05, 3.63) is 11.6 Å². The van der Waals surface area contributed by atoms with Gasteiger partial charge in [0.1, 0.15) is 11.6 Å². The molecule has 1 heterocycles. The lowest BCUT2D eigenvalue weighted by atomic mass is 10.1. The maximum Gasteiger partial charge on any atom is 0.143 e. The van der Waals surface area contributed by atoms with E-state index in [9.17, 15) is 0 Å². The van der Waals surface area contributed by atoms with E-state index in [4.69, 9.17) is 0 Å². The van der Waals surface area contributed by atoms with Crippen LogP contribution in [0.5, 0.6) is 0 Å². The third kappa shape index (κ3) is 2.79. The number of alkyl halides is 1. The second-order valence-corrected chi connectivity index (χ2v) is 4.22. The van der Waals surface area contributed by atoms with Gasteiger partial charge in [0.2, 0.25) is 0 Å². The van der Waals surface area contributed by atoms with E-state index >= 15 is 0 Å². The van der Waals surface area contributed by atoms with Gasteiger partial charge in [0.15, 0.2) is 0 Å². The van der Waals surface area contributed by atoms with Gasteiger partial charge in [-0.1, -0.05) is 29.8 Å². The van der Waals surface area contributed by atoms with E-state index < -0.39 is 0 Å². The van der Waals surface area contributed by atoms with Crippen molar-refractivity contribution in [3.8, 4) is 0 Å². The molecule has 0 radical (unpaired) electrons. The first kappa shape index (κ1) is 10.7. The molecule has 1 aromatic rings. The highest BCUT2D eigenvalue weighted by molar-refractivity contribution is 9.08. The van der Waals surface area contributed by atoms with E-state index in [1.165, 1.54) is 6.42 Å². The fourth-order valence-electron chi connectivity index (χ4n) is 1.15. The van der Waals surface area contributed by atoms with Crippen molar-refractivity contribution >= 4 is 15.9 Å². The molecule has 0 aliphatic rings. The zero-order valence-corrected chi connectivity index (χ0v) is 10.0. The first-order valence-electron chi connectivity index (χ1n) is 4.58. The SMILES string of the molecule is CC(C)CCc1nnc(CBr)n1C. The Labute approximate surface area is 87.7 Å². The van der Waals surface area contributed by atoms with Gasteiger partial charge < -0.3 is 4.57 Å². The van der Waals surface area contributed by atoms with Crippen LogP contribution in [0.25, 0.3) is 0 Å². The van der Waals surface area contributed by atoms with Crippen molar-refractivity contribution in [2.24, 2.45) is 13.0 Å². The molecule has 0 aliphatic heterocycles. The third-order valence-electron chi connectivity index (χ3n) is 2.12. The summed E-state index contributed by atoms with van der Waals surface area (Å²) < 4.78 is 2.07. The molecule has 0 saturated carbocycles. The van der Waals surface area contributed by atoms with Gasteiger partial charge in [-0.25, -0.2) is 0 Å². The highest BCUT2D eigenvalue weighted by atomic mass is 79.9. The average Bonchev–Trinajstić information content (AvgIpc) is 2.43. The summed E-state index contributed by atoms with van der Waals surface area (Å²) >= 11 is 3.38. The normalized spacial score (nSPS) is 11.2. The van der Waals surface area contributed by atoms with Crippen LogP contribution in [0.15, 0.2) is 0 Å². The standard InChI is InChI=1S/C9H16BrN3/c1-7(2)4-5-8-11-12-9(6-10)13(8)3/h7H,4-6H2,1-3H3. The molecule has 0 N–H and O–H groups in total. The predicted octanol–water partition coefficient (Wildman–Crippen LogP) is 2.30. The van der Waals surface area contributed by atoms with Crippen molar-refractivity contribution in [2.75, 3.05) is 0 Å². The van der Waals surface area contributed by atoms with Crippen LogP contribution in [-0.2, 0) is 18.8 Å². The summed E-state index contributed by atoms with van der Waals surface area (Å²) in [5, 5.41) is 9.00. The second-order valence-electron chi connectivity index (χ2n) is 3.66. The van der Waals surface area contributed by atoms with Gasteiger partial charge >= 0.3 is 0 Å². The molecule has 0 atom stereocenters. The van der Waals surface area contributed by atoms with E-state index in [1.807, 2.05) is 7.05 Å². The van der Waals surface area contributed by atoms with E-state index in [0.29, 0.717) is 0 Å². The number of aryl methyl sites for hydroxylation is 1. The highest BCUT2D eigenvalue weighted by Gasteiger charge is 2.07. The van der Waals surface area contributed by atoms with Gasteiger partial charge in [-0.05, 0) is 12.3 Å². The Bertz CT molecular complexity index is 268. The molecule has 0 spiro atoms. The molecule has 0 fully saturated rings. The third-order valence-corrected chi connectivity index (χ3v) is 2.62. The second kappa shape index (κ2) is 4.74. The number of nitrogens with zero attached hydrogens (tertiary/aromatic N) is 3. The molecule has 0 aliphatic carbocycles. The molecule has 4 heteroatoms. The zero-order chi connectivity index (χ0) is 9.84. The van der Waals surface area contributed by atoms with E-state index in [2.05, 4.69) is 44.5 Å². The molecule has 74 valence electrons. The summed E-state index contributed by atoms with van der Waals surface area (Å²) in [5.74, 6) is 2.81.